The molecule has 0 spiro atoms. The molecule has 156 valence electrons. The fourth-order valence-electron chi connectivity index (χ4n) is 2.64. The molecule has 0 saturated heterocycles. The van der Waals surface area contributed by atoms with Crippen LogP contribution in [0.1, 0.15) is 15.9 Å². The minimum atomic E-state index is -4.45. The van der Waals surface area contributed by atoms with E-state index in [1.165, 1.54) is 0 Å². The largest absolute Gasteiger partial charge is 0.438 e. The molecule has 10 heteroatoms. The zero-order valence-corrected chi connectivity index (χ0v) is 15.7. The lowest BCUT2D eigenvalue weighted by Gasteiger charge is -2.09. The molecular formula is C21H14F3N5O2. The summed E-state index contributed by atoms with van der Waals surface area (Å²) in [5.41, 5.74) is -0.243. The highest BCUT2D eigenvalue weighted by Crippen LogP contribution is 2.29. The van der Waals surface area contributed by atoms with Crippen LogP contribution in [0.15, 0.2) is 79.4 Å². The van der Waals surface area contributed by atoms with Crippen molar-refractivity contribution in [2.75, 3.05) is 5.32 Å². The molecule has 2 heterocycles. The van der Waals surface area contributed by atoms with Gasteiger partial charge in [0, 0.05) is 29.7 Å². The van der Waals surface area contributed by atoms with Crippen molar-refractivity contribution >= 4 is 11.6 Å². The van der Waals surface area contributed by atoms with Crippen LogP contribution in [0.25, 0.3) is 5.82 Å². The molecule has 2 aromatic carbocycles. The highest BCUT2D eigenvalue weighted by Gasteiger charge is 2.30. The van der Waals surface area contributed by atoms with Gasteiger partial charge in [-0.1, -0.05) is 0 Å². The van der Waals surface area contributed by atoms with Crippen molar-refractivity contribution < 1.29 is 22.7 Å². The summed E-state index contributed by atoms with van der Waals surface area (Å²) in [7, 11) is 0. The van der Waals surface area contributed by atoms with Gasteiger partial charge in [-0.3, -0.25) is 9.36 Å². The summed E-state index contributed by atoms with van der Waals surface area (Å²) in [6.45, 7) is 0. The van der Waals surface area contributed by atoms with Crippen LogP contribution in [0.3, 0.4) is 0 Å². The van der Waals surface area contributed by atoms with E-state index in [2.05, 4.69) is 20.5 Å². The fraction of sp³-hybridized carbons (Fsp3) is 0.0476. The number of hydrogen-bond donors (Lipinski definition) is 1. The van der Waals surface area contributed by atoms with Crippen LogP contribution in [-0.4, -0.2) is 25.7 Å². The molecule has 0 radical (unpaired) electrons. The maximum atomic E-state index is 12.6. The zero-order chi connectivity index (χ0) is 21.8. The van der Waals surface area contributed by atoms with Gasteiger partial charge in [0.1, 0.15) is 12.1 Å². The minimum absolute atomic E-state index is 0.113. The van der Waals surface area contributed by atoms with Gasteiger partial charge in [-0.2, -0.15) is 13.2 Å². The number of imidazole rings is 1. The molecule has 0 aliphatic rings. The number of anilines is 1. The lowest BCUT2D eigenvalue weighted by Crippen LogP contribution is -2.12. The highest BCUT2D eigenvalue weighted by molar-refractivity contribution is 6.04. The molecule has 0 fully saturated rings. The molecule has 0 aliphatic carbocycles. The Kier molecular flexibility index (Phi) is 5.35. The molecule has 0 atom stereocenters. The minimum Gasteiger partial charge on any atom is -0.438 e. The number of amides is 1. The lowest BCUT2D eigenvalue weighted by molar-refractivity contribution is -0.137. The summed E-state index contributed by atoms with van der Waals surface area (Å²) in [6.07, 6.45) is 0.517. The number of carbonyl (C=O) groups excluding carboxylic acids is 1. The van der Waals surface area contributed by atoms with E-state index in [1.54, 1.807) is 59.7 Å². The Morgan fingerprint density at radius 3 is 2.26 bits per heavy atom. The van der Waals surface area contributed by atoms with E-state index < -0.39 is 17.6 Å². The quantitative estimate of drug-likeness (QED) is 0.500. The first-order valence-corrected chi connectivity index (χ1v) is 8.97. The zero-order valence-electron chi connectivity index (χ0n) is 15.7. The van der Waals surface area contributed by atoms with Crippen LogP contribution < -0.4 is 10.1 Å². The molecule has 31 heavy (non-hydrogen) atoms. The molecule has 2 aromatic heterocycles. The van der Waals surface area contributed by atoms with E-state index in [9.17, 15) is 18.0 Å². The maximum Gasteiger partial charge on any atom is 0.416 e. The number of nitrogens with one attached hydrogen (secondary N) is 1. The van der Waals surface area contributed by atoms with Crippen molar-refractivity contribution in [3.8, 4) is 17.4 Å². The Morgan fingerprint density at radius 1 is 0.935 bits per heavy atom. The van der Waals surface area contributed by atoms with Crippen molar-refractivity contribution in [1.82, 2.24) is 19.7 Å². The summed E-state index contributed by atoms with van der Waals surface area (Å²) in [6, 6.07) is 13.8. The van der Waals surface area contributed by atoms with Gasteiger partial charge in [-0.25, -0.2) is 4.98 Å². The molecule has 0 unspecified atom stereocenters. The Hall–Kier alpha value is -4.21. The van der Waals surface area contributed by atoms with E-state index in [-0.39, 0.29) is 11.4 Å². The topological polar surface area (TPSA) is 81.9 Å². The summed E-state index contributed by atoms with van der Waals surface area (Å²) in [5.74, 6) is 0.817. The normalized spacial score (nSPS) is 11.2. The number of halogens is 3. The first-order chi connectivity index (χ1) is 14.9. The second-order valence-electron chi connectivity index (χ2n) is 6.36. The number of aromatic nitrogens is 4. The average molecular weight is 425 g/mol. The number of benzene rings is 2. The molecule has 0 saturated carbocycles. The second-order valence-corrected chi connectivity index (χ2v) is 6.36. The van der Waals surface area contributed by atoms with Crippen LogP contribution in [-0.2, 0) is 6.18 Å². The van der Waals surface area contributed by atoms with Crippen LogP contribution >= 0.6 is 0 Å². The first-order valence-electron chi connectivity index (χ1n) is 8.97. The number of nitrogens with zero attached hydrogens (tertiary/aromatic N) is 4. The predicted octanol–water partition coefficient (Wildman–Crippen LogP) is 4.73. The molecule has 1 N–H and O–H groups in total. The predicted molar refractivity (Wildman–Crippen MR) is 105 cm³/mol. The first kappa shape index (κ1) is 20.1. The third-order valence-electron chi connectivity index (χ3n) is 4.20. The third kappa shape index (κ3) is 4.86. The van der Waals surface area contributed by atoms with Crippen molar-refractivity contribution in [3.63, 3.8) is 0 Å². The van der Waals surface area contributed by atoms with Gasteiger partial charge in [0.05, 0.1) is 5.56 Å². The van der Waals surface area contributed by atoms with Gasteiger partial charge in [0.25, 0.3) is 5.91 Å². The Labute approximate surface area is 174 Å². The van der Waals surface area contributed by atoms with E-state index in [0.29, 0.717) is 17.3 Å². The lowest BCUT2D eigenvalue weighted by atomic mass is 10.1. The Morgan fingerprint density at radius 2 is 1.68 bits per heavy atom. The van der Waals surface area contributed by atoms with E-state index in [0.717, 1.165) is 24.3 Å². The van der Waals surface area contributed by atoms with Crippen LogP contribution in [0.5, 0.6) is 11.6 Å². The number of alkyl halides is 3. The monoisotopic (exact) mass is 425 g/mol. The standard InChI is InChI=1S/C21H14F3N5O2/c22-21(23,24)15-3-1-14(2-4-15)20(30)26-16-5-7-17(8-6-16)31-19-10-9-18(27-28-19)29-12-11-25-13-29/h1-13H,(H,26,30). The molecule has 1 amide bonds. The fourth-order valence-corrected chi connectivity index (χ4v) is 2.64. The van der Waals surface area contributed by atoms with Crippen LogP contribution in [0.4, 0.5) is 18.9 Å². The van der Waals surface area contributed by atoms with Gasteiger partial charge in [0.2, 0.25) is 5.88 Å². The molecule has 7 nitrogen and oxygen atoms in total. The van der Waals surface area contributed by atoms with Crippen LogP contribution in [0, 0.1) is 0 Å². The van der Waals surface area contributed by atoms with Crippen molar-refractivity contribution in [2.24, 2.45) is 0 Å². The number of ether oxygens (including phenoxy) is 1. The van der Waals surface area contributed by atoms with Gasteiger partial charge in [-0.15, -0.1) is 10.2 Å². The summed E-state index contributed by atoms with van der Waals surface area (Å²) >= 11 is 0. The van der Waals surface area contributed by atoms with E-state index >= 15 is 0 Å². The van der Waals surface area contributed by atoms with Crippen molar-refractivity contribution in [1.29, 1.82) is 0 Å². The second kappa shape index (κ2) is 8.27. The Bertz CT molecular complexity index is 1160. The third-order valence-corrected chi connectivity index (χ3v) is 4.20. The maximum absolute atomic E-state index is 12.6. The highest BCUT2D eigenvalue weighted by atomic mass is 19.4. The number of rotatable bonds is 5. The molecular weight excluding hydrogens is 411 g/mol. The van der Waals surface area contributed by atoms with Gasteiger partial charge in [-0.05, 0) is 54.6 Å². The number of hydrogen-bond acceptors (Lipinski definition) is 5. The molecule has 0 bridgehead atoms. The average Bonchev–Trinajstić information content (AvgIpc) is 3.30. The van der Waals surface area contributed by atoms with Gasteiger partial charge >= 0.3 is 6.18 Å². The smallest absolute Gasteiger partial charge is 0.416 e. The van der Waals surface area contributed by atoms with Gasteiger partial charge in [0.15, 0.2) is 5.82 Å². The van der Waals surface area contributed by atoms with Gasteiger partial charge < -0.3 is 10.1 Å². The SMILES string of the molecule is O=C(Nc1ccc(Oc2ccc(-n3ccnc3)nn2)cc1)c1ccc(C(F)(F)F)cc1. The van der Waals surface area contributed by atoms with Crippen LogP contribution in [0.2, 0.25) is 0 Å². The summed E-state index contributed by atoms with van der Waals surface area (Å²) in [4.78, 5) is 16.2. The summed E-state index contributed by atoms with van der Waals surface area (Å²) in [5, 5.41) is 10.7. The van der Waals surface area contributed by atoms with E-state index in [1.807, 2.05) is 0 Å². The van der Waals surface area contributed by atoms with E-state index in [4.69, 9.17) is 4.74 Å². The summed E-state index contributed by atoms with van der Waals surface area (Å²) < 4.78 is 45.2. The van der Waals surface area contributed by atoms with Crippen molar-refractivity contribution in [3.05, 3.63) is 90.5 Å². The van der Waals surface area contributed by atoms with Crippen molar-refractivity contribution in [2.45, 2.75) is 6.18 Å². The number of carbonyl (C=O) groups is 1. The molecule has 4 aromatic rings. The molecule has 0 aliphatic heterocycles. The Balaban J connectivity index is 1.37. The molecule has 4 rings (SSSR count).